The zero-order valence-electron chi connectivity index (χ0n) is 18.0. The summed E-state index contributed by atoms with van der Waals surface area (Å²) in [6.07, 6.45) is 1.68. The van der Waals surface area contributed by atoms with E-state index in [-0.39, 0.29) is 16.6 Å². The van der Waals surface area contributed by atoms with Crippen molar-refractivity contribution >= 4 is 16.6 Å². The summed E-state index contributed by atoms with van der Waals surface area (Å²) in [7, 11) is 0. The lowest BCUT2D eigenvalue weighted by Crippen LogP contribution is -2.33. The molecule has 0 aromatic heterocycles. The minimum absolute atomic E-state index is 0.0343. The van der Waals surface area contributed by atoms with Crippen LogP contribution in [0.2, 0.25) is 0 Å². The van der Waals surface area contributed by atoms with Gasteiger partial charge in [0.05, 0.1) is 0 Å². The second-order valence-corrected chi connectivity index (χ2v) is 9.85. The summed E-state index contributed by atoms with van der Waals surface area (Å²) in [5, 5.41) is 13.3. The van der Waals surface area contributed by atoms with Gasteiger partial charge in [-0.05, 0) is 69.7 Å². The number of rotatable bonds is 3. The van der Waals surface area contributed by atoms with Gasteiger partial charge in [-0.25, -0.2) is 0 Å². The van der Waals surface area contributed by atoms with Gasteiger partial charge < -0.3 is 5.11 Å². The first-order chi connectivity index (χ1) is 13.6. The van der Waals surface area contributed by atoms with Gasteiger partial charge in [0, 0.05) is 5.56 Å². The molecule has 0 radical (unpaired) electrons. The molecule has 150 valence electrons. The standard InChI is InChI=1S/C27H30O2/c1-17(28)18-6-8-19(9-7-18)25(29)21-11-10-20-15-23-24(16-22(20)14-21)27(4,5)13-12-26(23,2)3/h6-11,14-16,25,29H,12-13H2,1-5H3. The second-order valence-electron chi connectivity index (χ2n) is 9.85. The minimum atomic E-state index is -0.708. The predicted molar refractivity (Wildman–Crippen MR) is 120 cm³/mol. The Morgan fingerprint density at radius 3 is 1.86 bits per heavy atom. The van der Waals surface area contributed by atoms with Crippen LogP contribution in [0, 0.1) is 0 Å². The first kappa shape index (κ1) is 19.8. The van der Waals surface area contributed by atoms with E-state index in [0.29, 0.717) is 5.56 Å². The van der Waals surface area contributed by atoms with E-state index in [1.807, 2.05) is 18.2 Å². The fourth-order valence-electron chi connectivity index (χ4n) is 4.59. The third-order valence-corrected chi connectivity index (χ3v) is 6.78. The average molecular weight is 387 g/mol. The van der Waals surface area contributed by atoms with Gasteiger partial charge in [-0.3, -0.25) is 4.79 Å². The van der Waals surface area contributed by atoms with E-state index in [1.165, 1.54) is 34.7 Å². The van der Waals surface area contributed by atoms with Crippen LogP contribution in [0.1, 0.15) is 86.2 Å². The van der Waals surface area contributed by atoms with Crippen LogP contribution in [-0.4, -0.2) is 10.9 Å². The van der Waals surface area contributed by atoms with Crippen LogP contribution < -0.4 is 0 Å². The molecule has 4 rings (SSSR count). The van der Waals surface area contributed by atoms with E-state index in [9.17, 15) is 9.90 Å². The van der Waals surface area contributed by atoms with Crippen molar-refractivity contribution in [2.24, 2.45) is 0 Å². The third kappa shape index (κ3) is 3.51. The molecule has 0 bridgehead atoms. The number of fused-ring (bicyclic) bond motifs is 2. The van der Waals surface area contributed by atoms with Crippen molar-refractivity contribution in [1.82, 2.24) is 0 Å². The highest BCUT2D eigenvalue weighted by molar-refractivity contribution is 5.94. The van der Waals surface area contributed by atoms with Gasteiger partial charge in [-0.15, -0.1) is 0 Å². The maximum Gasteiger partial charge on any atom is 0.159 e. The van der Waals surface area contributed by atoms with E-state index in [0.717, 1.165) is 11.1 Å². The number of ketones is 1. The number of hydrogen-bond donors (Lipinski definition) is 1. The monoisotopic (exact) mass is 386 g/mol. The SMILES string of the molecule is CC(=O)c1ccc(C(O)c2ccc3cc4c(cc3c2)C(C)(C)CCC4(C)C)cc1. The van der Waals surface area contributed by atoms with Crippen molar-refractivity contribution in [2.45, 2.75) is 64.4 Å². The van der Waals surface area contributed by atoms with E-state index in [1.54, 1.807) is 19.1 Å². The molecule has 3 aromatic rings. The summed E-state index contributed by atoms with van der Waals surface area (Å²) < 4.78 is 0. The molecular weight excluding hydrogens is 356 g/mol. The van der Waals surface area contributed by atoms with Crippen molar-refractivity contribution in [3.8, 4) is 0 Å². The van der Waals surface area contributed by atoms with Crippen molar-refractivity contribution in [1.29, 1.82) is 0 Å². The molecule has 0 saturated carbocycles. The van der Waals surface area contributed by atoms with E-state index < -0.39 is 6.10 Å². The van der Waals surface area contributed by atoms with Gasteiger partial charge in [0.1, 0.15) is 6.10 Å². The van der Waals surface area contributed by atoms with Gasteiger partial charge >= 0.3 is 0 Å². The Kier molecular flexibility index (Phi) is 4.66. The summed E-state index contributed by atoms with van der Waals surface area (Å²) in [6.45, 7) is 10.9. The zero-order valence-corrected chi connectivity index (χ0v) is 18.0. The van der Waals surface area contributed by atoms with Gasteiger partial charge in [-0.1, -0.05) is 76.2 Å². The van der Waals surface area contributed by atoms with Crippen molar-refractivity contribution in [2.75, 3.05) is 0 Å². The Bertz CT molecular complexity index is 1090. The van der Waals surface area contributed by atoms with Crippen LogP contribution in [0.15, 0.2) is 54.6 Å². The first-order valence-electron chi connectivity index (χ1n) is 10.5. The molecule has 2 heteroatoms. The molecule has 2 nitrogen and oxygen atoms in total. The van der Waals surface area contributed by atoms with Crippen LogP contribution in [0.5, 0.6) is 0 Å². The lowest BCUT2D eigenvalue weighted by atomic mass is 9.63. The van der Waals surface area contributed by atoms with Crippen molar-refractivity contribution < 1.29 is 9.90 Å². The highest BCUT2D eigenvalue weighted by atomic mass is 16.3. The molecule has 0 fully saturated rings. The third-order valence-electron chi connectivity index (χ3n) is 6.78. The Morgan fingerprint density at radius 2 is 1.31 bits per heavy atom. The largest absolute Gasteiger partial charge is 0.384 e. The number of hydrogen-bond acceptors (Lipinski definition) is 2. The number of carbonyl (C=O) groups excluding carboxylic acids is 1. The van der Waals surface area contributed by atoms with Crippen LogP contribution in [-0.2, 0) is 10.8 Å². The molecule has 0 spiro atoms. The second kappa shape index (κ2) is 6.81. The Balaban J connectivity index is 1.77. The first-order valence-corrected chi connectivity index (χ1v) is 10.5. The smallest absolute Gasteiger partial charge is 0.159 e. The number of carbonyl (C=O) groups is 1. The summed E-state index contributed by atoms with van der Waals surface area (Å²) in [6, 6.07) is 18.2. The van der Waals surface area contributed by atoms with Crippen LogP contribution >= 0.6 is 0 Å². The molecule has 29 heavy (non-hydrogen) atoms. The van der Waals surface area contributed by atoms with Crippen molar-refractivity contribution in [3.63, 3.8) is 0 Å². The number of aliphatic hydroxyl groups excluding tert-OH is 1. The number of aliphatic hydroxyl groups is 1. The van der Waals surface area contributed by atoms with Gasteiger partial charge in [0.15, 0.2) is 5.78 Å². The fraction of sp³-hybridized carbons (Fsp3) is 0.370. The molecule has 3 aromatic carbocycles. The molecule has 1 atom stereocenters. The van der Waals surface area contributed by atoms with Crippen LogP contribution in [0.25, 0.3) is 10.8 Å². The summed E-state index contributed by atoms with van der Waals surface area (Å²) in [5.41, 5.74) is 5.57. The zero-order chi connectivity index (χ0) is 21.0. The maximum absolute atomic E-state index is 11.5. The summed E-state index contributed by atoms with van der Waals surface area (Å²) in [4.78, 5) is 11.5. The van der Waals surface area contributed by atoms with Gasteiger partial charge in [0.25, 0.3) is 0 Å². The molecule has 1 aliphatic rings. The fourth-order valence-corrected chi connectivity index (χ4v) is 4.59. The molecule has 0 amide bonds. The summed E-state index contributed by atoms with van der Waals surface area (Å²) >= 11 is 0. The maximum atomic E-state index is 11.5. The van der Waals surface area contributed by atoms with E-state index in [4.69, 9.17) is 0 Å². The molecule has 0 saturated heterocycles. The summed E-state index contributed by atoms with van der Waals surface area (Å²) in [5.74, 6) is 0.0343. The highest BCUT2D eigenvalue weighted by Gasteiger charge is 2.37. The predicted octanol–water partition coefficient (Wildman–Crippen LogP) is 6.47. The molecule has 0 aliphatic heterocycles. The normalized spacial score (nSPS) is 18.3. The number of benzene rings is 3. The lowest BCUT2D eigenvalue weighted by molar-refractivity contribution is 0.101. The van der Waals surface area contributed by atoms with Crippen LogP contribution in [0.3, 0.4) is 0 Å². The number of Topliss-reactive ketones (excluding diaryl/α,β-unsaturated/α-hetero) is 1. The minimum Gasteiger partial charge on any atom is -0.384 e. The average Bonchev–Trinajstić information content (AvgIpc) is 2.69. The Morgan fingerprint density at radius 1 is 0.793 bits per heavy atom. The molecule has 1 unspecified atom stereocenters. The Labute approximate surface area is 173 Å². The van der Waals surface area contributed by atoms with E-state index in [2.05, 4.69) is 52.0 Å². The Hall–Kier alpha value is -2.45. The molecule has 1 aliphatic carbocycles. The van der Waals surface area contributed by atoms with E-state index >= 15 is 0 Å². The molecular formula is C27H30O2. The molecule has 0 heterocycles. The van der Waals surface area contributed by atoms with Gasteiger partial charge in [0.2, 0.25) is 0 Å². The van der Waals surface area contributed by atoms with Crippen molar-refractivity contribution in [3.05, 3.63) is 82.4 Å². The quantitative estimate of drug-likeness (QED) is 0.524. The van der Waals surface area contributed by atoms with Gasteiger partial charge in [-0.2, -0.15) is 0 Å². The highest BCUT2D eigenvalue weighted by Crippen LogP contribution is 2.47. The topological polar surface area (TPSA) is 37.3 Å². The lowest BCUT2D eigenvalue weighted by Gasteiger charge is -2.42. The molecule has 1 N–H and O–H groups in total. The van der Waals surface area contributed by atoms with Crippen LogP contribution in [0.4, 0.5) is 0 Å².